The molecule has 1 N–H and O–H groups in total. The molecule has 0 saturated carbocycles. The minimum Gasteiger partial charge on any atom is -0.438 e. The van der Waals surface area contributed by atoms with E-state index in [9.17, 15) is 0 Å². The summed E-state index contributed by atoms with van der Waals surface area (Å²) in [5.74, 6) is 0.689. The highest BCUT2D eigenvalue weighted by molar-refractivity contribution is 6.02. The van der Waals surface area contributed by atoms with Crippen LogP contribution in [0, 0.1) is 16.7 Å². The van der Waals surface area contributed by atoms with Crippen molar-refractivity contribution in [2.45, 2.75) is 13.8 Å². The first kappa shape index (κ1) is 21.1. The number of rotatable bonds is 6. The van der Waals surface area contributed by atoms with E-state index in [0.717, 1.165) is 35.0 Å². The topological polar surface area (TPSA) is 60.1 Å². The highest BCUT2D eigenvalue weighted by atomic mass is 16.5. The Kier molecular flexibility index (Phi) is 6.19. The zero-order valence-electron chi connectivity index (χ0n) is 18.3. The standard InChI is InChI=1S/C28H25N3O/c1-3-31(4-2)23-15-13-21(14-16-23)24-17-18-27(26-8-6-5-7-25(24)26)32-28(30)22-11-9-20(19-29)10-12-22/h5-18,30H,3-4H2,1-2H3. The Morgan fingerprint density at radius 2 is 1.50 bits per heavy atom. The van der Waals surface area contributed by atoms with Gasteiger partial charge in [0.05, 0.1) is 11.6 Å². The molecule has 0 atom stereocenters. The number of nitrogens with zero attached hydrogens (tertiary/aromatic N) is 2. The van der Waals surface area contributed by atoms with Gasteiger partial charge < -0.3 is 9.64 Å². The third-order valence-electron chi connectivity index (χ3n) is 5.68. The van der Waals surface area contributed by atoms with E-state index in [2.05, 4.69) is 61.2 Å². The van der Waals surface area contributed by atoms with Crippen molar-refractivity contribution in [2.24, 2.45) is 0 Å². The summed E-state index contributed by atoms with van der Waals surface area (Å²) in [5, 5.41) is 19.4. The van der Waals surface area contributed by atoms with Crippen LogP contribution in [0.25, 0.3) is 21.9 Å². The highest BCUT2D eigenvalue weighted by Crippen LogP contribution is 2.35. The molecule has 4 heteroatoms. The summed E-state index contributed by atoms with van der Waals surface area (Å²) in [7, 11) is 0. The van der Waals surface area contributed by atoms with Crippen molar-refractivity contribution in [2.75, 3.05) is 18.0 Å². The van der Waals surface area contributed by atoms with Crippen LogP contribution in [0.5, 0.6) is 5.75 Å². The van der Waals surface area contributed by atoms with Crippen molar-refractivity contribution in [1.29, 1.82) is 10.7 Å². The third-order valence-corrected chi connectivity index (χ3v) is 5.68. The molecule has 0 amide bonds. The van der Waals surface area contributed by atoms with Crippen LogP contribution in [-0.4, -0.2) is 19.0 Å². The predicted molar refractivity (Wildman–Crippen MR) is 132 cm³/mol. The van der Waals surface area contributed by atoms with Crippen molar-refractivity contribution >= 4 is 22.4 Å². The number of fused-ring (bicyclic) bond motifs is 1. The van der Waals surface area contributed by atoms with Crippen molar-refractivity contribution < 1.29 is 4.74 Å². The molecular weight excluding hydrogens is 394 g/mol. The number of nitriles is 1. The lowest BCUT2D eigenvalue weighted by molar-refractivity contribution is 0.554. The Balaban J connectivity index is 1.67. The molecule has 4 nitrogen and oxygen atoms in total. The van der Waals surface area contributed by atoms with Gasteiger partial charge in [-0.3, -0.25) is 5.41 Å². The fourth-order valence-corrected chi connectivity index (χ4v) is 3.92. The zero-order chi connectivity index (χ0) is 22.5. The summed E-state index contributed by atoms with van der Waals surface area (Å²) < 4.78 is 5.95. The number of hydrogen-bond donors (Lipinski definition) is 1. The monoisotopic (exact) mass is 419 g/mol. The fraction of sp³-hybridized carbons (Fsp3) is 0.143. The van der Waals surface area contributed by atoms with Crippen LogP contribution in [0.3, 0.4) is 0 Å². The minimum atomic E-state index is 0.0518. The molecule has 0 heterocycles. The first-order chi connectivity index (χ1) is 15.6. The molecular formula is C28H25N3O. The van der Waals surface area contributed by atoms with Gasteiger partial charge >= 0.3 is 0 Å². The van der Waals surface area contributed by atoms with Gasteiger partial charge in [0, 0.05) is 29.7 Å². The number of ether oxygens (including phenoxy) is 1. The van der Waals surface area contributed by atoms with Crippen molar-refractivity contribution in [3.05, 3.63) is 96.1 Å². The van der Waals surface area contributed by atoms with E-state index in [1.54, 1.807) is 24.3 Å². The van der Waals surface area contributed by atoms with E-state index in [1.807, 2.05) is 24.3 Å². The molecule has 4 aromatic rings. The maximum Gasteiger partial charge on any atom is 0.219 e. The Morgan fingerprint density at radius 3 is 2.12 bits per heavy atom. The maximum absolute atomic E-state index is 8.97. The second kappa shape index (κ2) is 9.36. The molecule has 0 radical (unpaired) electrons. The van der Waals surface area contributed by atoms with Crippen molar-refractivity contribution in [3.63, 3.8) is 0 Å². The molecule has 0 fully saturated rings. The molecule has 0 bridgehead atoms. The lowest BCUT2D eigenvalue weighted by Gasteiger charge is -2.21. The average molecular weight is 420 g/mol. The molecule has 0 unspecified atom stereocenters. The van der Waals surface area contributed by atoms with Crippen molar-refractivity contribution in [3.8, 4) is 22.9 Å². The van der Waals surface area contributed by atoms with E-state index >= 15 is 0 Å². The van der Waals surface area contributed by atoms with Gasteiger partial charge in [0.1, 0.15) is 5.75 Å². The van der Waals surface area contributed by atoms with E-state index < -0.39 is 0 Å². The predicted octanol–water partition coefficient (Wildman–Crippen LogP) is 6.63. The van der Waals surface area contributed by atoms with E-state index in [1.165, 1.54) is 5.69 Å². The number of nitrogens with one attached hydrogen (secondary N) is 1. The summed E-state index contributed by atoms with van der Waals surface area (Å²) in [5.41, 5.74) is 4.68. The molecule has 4 rings (SSSR count). The molecule has 4 aromatic carbocycles. The van der Waals surface area contributed by atoms with Gasteiger partial charge in [0.2, 0.25) is 5.90 Å². The van der Waals surface area contributed by atoms with E-state index in [-0.39, 0.29) is 5.90 Å². The maximum atomic E-state index is 8.97. The van der Waals surface area contributed by atoms with Crippen LogP contribution in [0.15, 0.2) is 84.9 Å². The SMILES string of the molecule is CCN(CC)c1ccc(-c2ccc(OC(=N)c3ccc(C#N)cc3)c3ccccc23)cc1. The van der Waals surface area contributed by atoms with Gasteiger partial charge in [-0.1, -0.05) is 42.5 Å². The average Bonchev–Trinajstić information content (AvgIpc) is 2.85. The number of anilines is 1. The summed E-state index contributed by atoms with van der Waals surface area (Å²) in [4.78, 5) is 2.33. The molecule has 158 valence electrons. The van der Waals surface area contributed by atoms with Crippen LogP contribution < -0.4 is 9.64 Å². The summed E-state index contributed by atoms with van der Waals surface area (Å²) in [6, 6.07) is 29.7. The zero-order valence-corrected chi connectivity index (χ0v) is 18.3. The van der Waals surface area contributed by atoms with Crippen LogP contribution in [0.2, 0.25) is 0 Å². The van der Waals surface area contributed by atoms with Crippen LogP contribution in [0.1, 0.15) is 25.0 Å². The lowest BCUT2D eigenvalue weighted by atomic mass is 9.97. The smallest absolute Gasteiger partial charge is 0.219 e. The highest BCUT2D eigenvalue weighted by Gasteiger charge is 2.12. The van der Waals surface area contributed by atoms with Crippen LogP contribution in [-0.2, 0) is 0 Å². The molecule has 0 spiro atoms. The van der Waals surface area contributed by atoms with Gasteiger partial charge in [-0.15, -0.1) is 0 Å². The summed E-state index contributed by atoms with van der Waals surface area (Å²) in [6.07, 6.45) is 0. The van der Waals surface area contributed by atoms with Crippen LogP contribution in [0.4, 0.5) is 5.69 Å². The second-order valence-corrected chi connectivity index (χ2v) is 7.50. The Labute approximate surface area is 188 Å². The van der Waals surface area contributed by atoms with Gasteiger partial charge in [-0.2, -0.15) is 5.26 Å². The van der Waals surface area contributed by atoms with Gasteiger partial charge in [-0.05, 0) is 72.8 Å². The molecule has 0 aliphatic rings. The number of benzene rings is 4. The largest absolute Gasteiger partial charge is 0.438 e. The van der Waals surface area contributed by atoms with E-state index in [0.29, 0.717) is 16.9 Å². The molecule has 0 saturated heterocycles. The normalized spacial score (nSPS) is 10.5. The first-order valence-corrected chi connectivity index (χ1v) is 10.8. The van der Waals surface area contributed by atoms with Gasteiger partial charge in [0.25, 0.3) is 0 Å². The first-order valence-electron chi connectivity index (χ1n) is 10.8. The van der Waals surface area contributed by atoms with Crippen LogP contribution >= 0.6 is 0 Å². The Hall–Kier alpha value is -4.10. The fourth-order valence-electron chi connectivity index (χ4n) is 3.92. The molecule has 0 aliphatic heterocycles. The van der Waals surface area contributed by atoms with Gasteiger partial charge in [0.15, 0.2) is 0 Å². The quantitative estimate of drug-likeness (QED) is 0.282. The van der Waals surface area contributed by atoms with Gasteiger partial charge in [-0.25, -0.2) is 0 Å². The van der Waals surface area contributed by atoms with Crippen molar-refractivity contribution in [1.82, 2.24) is 0 Å². The Morgan fingerprint density at radius 1 is 0.844 bits per heavy atom. The summed E-state index contributed by atoms with van der Waals surface area (Å²) in [6.45, 7) is 6.30. The Bertz CT molecular complexity index is 1280. The molecule has 0 aliphatic carbocycles. The number of hydrogen-bond acceptors (Lipinski definition) is 4. The molecule has 0 aromatic heterocycles. The lowest BCUT2D eigenvalue weighted by Crippen LogP contribution is -2.21. The second-order valence-electron chi connectivity index (χ2n) is 7.50. The van der Waals surface area contributed by atoms with E-state index in [4.69, 9.17) is 15.4 Å². The molecule has 32 heavy (non-hydrogen) atoms. The third kappa shape index (κ3) is 4.19. The minimum absolute atomic E-state index is 0.0518. The summed E-state index contributed by atoms with van der Waals surface area (Å²) >= 11 is 0.